The van der Waals surface area contributed by atoms with Crippen LogP contribution in [0.15, 0.2) is 18.2 Å². The first kappa shape index (κ1) is 14.8. The van der Waals surface area contributed by atoms with Crippen LogP contribution in [0.5, 0.6) is 0 Å². The first-order valence-corrected chi connectivity index (χ1v) is 7.29. The van der Waals surface area contributed by atoms with Gasteiger partial charge in [0.15, 0.2) is 0 Å². The molecule has 2 atom stereocenters. The Balaban J connectivity index is 2.16. The normalized spacial score (nSPS) is 22.1. The van der Waals surface area contributed by atoms with Crippen molar-refractivity contribution in [3.8, 4) is 0 Å². The van der Waals surface area contributed by atoms with Gasteiger partial charge in [0.25, 0.3) is 0 Å². The second-order valence-corrected chi connectivity index (χ2v) is 6.18. The molecule has 0 aromatic heterocycles. The second kappa shape index (κ2) is 6.21. The van der Waals surface area contributed by atoms with Crippen molar-refractivity contribution in [2.45, 2.75) is 26.3 Å². The summed E-state index contributed by atoms with van der Waals surface area (Å²) in [6, 6.07) is 4.77. The maximum atomic E-state index is 13.5. The fourth-order valence-corrected chi connectivity index (χ4v) is 3.14. The van der Waals surface area contributed by atoms with E-state index in [1.165, 1.54) is 12.5 Å². The number of nitrogens with zero attached hydrogens (tertiary/aromatic N) is 1. The predicted octanol–water partition coefficient (Wildman–Crippen LogP) is 3.46. The summed E-state index contributed by atoms with van der Waals surface area (Å²) in [7, 11) is 0. The van der Waals surface area contributed by atoms with Gasteiger partial charge in [-0.1, -0.05) is 25.4 Å². The molecule has 1 fully saturated rings. The quantitative estimate of drug-likeness (QED) is 0.917. The zero-order chi connectivity index (χ0) is 14.0. The Kier molecular flexibility index (Phi) is 4.82. The summed E-state index contributed by atoms with van der Waals surface area (Å²) in [5.74, 6) is 1.10. The van der Waals surface area contributed by atoms with Crippen LogP contribution < -0.4 is 5.73 Å². The van der Waals surface area contributed by atoms with Crippen LogP contribution in [0.3, 0.4) is 0 Å². The van der Waals surface area contributed by atoms with E-state index in [2.05, 4.69) is 18.7 Å². The zero-order valence-electron chi connectivity index (χ0n) is 11.6. The highest BCUT2D eigenvalue weighted by Crippen LogP contribution is 2.31. The van der Waals surface area contributed by atoms with Crippen LogP contribution in [0.4, 0.5) is 4.39 Å². The lowest BCUT2D eigenvalue weighted by molar-refractivity contribution is 0.231. The maximum absolute atomic E-state index is 13.5. The highest BCUT2D eigenvalue weighted by molar-refractivity contribution is 6.30. The van der Waals surface area contributed by atoms with Crippen LogP contribution in [0, 0.1) is 17.7 Å². The van der Waals surface area contributed by atoms with Crippen LogP contribution in [0.2, 0.25) is 5.02 Å². The van der Waals surface area contributed by atoms with E-state index in [-0.39, 0.29) is 11.9 Å². The van der Waals surface area contributed by atoms with E-state index in [0.717, 1.165) is 18.7 Å². The molecule has 1 aliphatic heterocycles. The molecular weight excluding hydrogens is 263 g/mol. The number of hydrogen-bond acceptors (Lipinski definition) is 2. The molecule has 1 aromatic rings. The first-order valence-electron chi connectivity index (χ1n) is 6.91. The van der Waals surface area contributed by atoms with Crippen molar-refractivity contribution >= 4 is 11.6 Å². The minimum atomic E-state index is -0.291. The molecule has 106 valence electrons. The lowest BCUT2D eigenvalue weighted by Crippen LogP contribution is -2.32. The molecule has 2 nitrogen and oxygen atoms in total. The van der Waals surface area contributed by atoms with Crippen LogP contribution in [-0.2, 0) is 0 Å². The SMILES string of the molecule is CC(C)C1CCN(C(CN)c2cc(F)cc(Cl)c2)C1. The third-order valence-corrected chi connectivity index (χ3v) is 4.35. The Morgan fingerprint density at radius 2 is 2.16 bits per heavy atom. The zero-order valence-corrected chi connectivity index (χ0v) is 12.3. The minimum absolute atomic E-state index is 0.0666. The molecule has 1 heterocycles. The van der Waals surface area contributed by atoms with Gasteiger partial charge in [-0.05, 0) is 48.6 Å². The molecule has 1 saturated heterocycles. The molecule has 2 rings (SSSR count). The van der Waals surface area contributed by atoms with E-state index < -0.39 is 0 Å². The van der Waals surface area contributed by atoms with Gasteiger partial charge in [-0.2, -0.15) is 0 Å². The molecule has 1 aliphatic rings. The Morgan fingerprint density at radius 3 is 2.68 bits per heavy atom. The van der Waals surface area contributed by atoms with Crippen molar-refractivity contribution in [1.82, 2.24) is 4.90 Å². The number of nitrogens with two attached hydrogens (primary N) is 1. The van der Waals surface area contributed by atoms with Crippen LogP contribution >= 0.6 is 11.6 Å². The fraction of sp³-hybridized carbons (Fsp3) is 0.600. The summed E-state index contributed by atoms with van der Waals surface area (Å²) in [5, 5.41) is 0.438. The molecule has 0 spiro atoms. The number of hydrogen-bond donors (Lipinski definition) is 1. The predicted molar refractivity (Wildman–Crippen MR) is 77.7 cm³/mol. The van der Waals surface area contributed by atoms with Crippen molar-refractivity contribution in [2.75, 3.05) is 19.6 Å². The Labute approximate surface area is 119 Å². The van der Waals surface area contributed by atoms with E-state index >= 15 is 0 Å². The van der Waals surface area contributed by atoms with Crippen molar-refractivity contribution in [3.05, 3.63) is 34.6 Å². The van der Waals surface area contributed by atoms with Gasteiger partial charge in [0.05, 0.1) is 0 Å². The molecule has 0 amide bonds. The highest BCUT2D eigenvalue weighted by atomic mass is 35.5. The van der Waals surface area contributed by atoms with Gasteiger partial charge in [-0.25, -0.2) is 4.39 Å². The van der Waals surface area contributed by atoms with Gasteiger partial charge in [0.1, 0.15) is 5.82 Å². The summed E-state index contributed by atoms with van der Waals surface area (Å²) in [5.41, 5.74) is 6.79. The van der Waals surface area contributed by atoms with Crippen LogP contribution in [0.25, 0.3) is 0 Å². The lowest BCUT2D eigenvalue weighted by Gasteiger charge is -2.28. The average molecular weight is 285 g/mol. The summed E-state index contributed by atoms with van der Waals surface area (Å²) in [4.78, 5) is 2.36. The topological polar surface area (TPSA) is 29.3 Å². The standard InChI is InChI=1S/C15H22ClFN2/c1-10(2)11-3-4-19(9-11)15(8-18)12-5-13(16)7-14(17)6-12/h5-7,10-11,15H,3-4,8-9,18H2,1-2H3. The summed E-state index contributed by atoms with van der Waals surface area (Å²) in [6.45, 7) is 7.06. The molecule has 0 bridgehead atoms. The second-order valence-electron chi connectivity index (χ2n) is 5.74. The number of halogens is 2. The van der Waals surface area contributed by atoms with Gasteiger partial charge >= 0.3 is 0 Å². The van der Waals surface area contributed by atoms with Crippen molar-refractivity contribution < 1.29 is 4.39 Å². The third kappa shape index (κ3) is 3.47. The van der Waals surface area contributed by atoms with Gasteiger partial charge in [-0.3, -0.25) is 4.90 Å². The highest BCUT2D eigenvalue weighted by Gasteiger charge is 2.30. The number of likely N-dealkylation sites (tertiary alicyclic amines) is 1. The van der Waals surface area contributed by atoms with E-state index in [0.29, 0.717) is 23.4 Å². The van der Waals surface area contributed by atoms with Crippen molar-refractivity contribution in [1.29, 1.82) is 0 Å². The summed E-state index contributed by atoms with van der Waals surface area (Å²) >= 11 is 5.94. The smallest absolute Gasteiger partial charge is 0.125 e. The summed E-state index contributed by atoms with van der Waals surface area (Å²) in [6.07, 6.45) is 1.19. The van der Waals surface area contributed by atoms with E-state index in [1.807, 2.05) is 6.07 Å². The molecule has 0 radical (unpaired) electrons. The fourth-order valence-electron chi connectivity index (χ4n) is 2.91. The lowest BCUT2D eigenvalue weighted by atomic mass is 9.95. The average Bonchev–Trinajstić information content (AvgIpc) is 2.78. The van der Waals surface area contributed by atoms with E-state index in [1.54, 1.807) is 6.07 Å². The Hall–Kier alpha value is -0.640. The molecule has 0 aliphatic carbocycles. The minimum Gasteiger partial charge on any atom is -0.329 e. The molecule has 4 heteroatoms. The van der Waals surface area contributed by atoms with Crippen molar-refractivity contribution in [3.63, 3.8) is 0 Å². The van der Waals surface area contributed by atoms with Crippen molar-refractivity contribution in [2.24, 2.45) is 17.6 Å². The van der Waals surface area contributed by atoms with Gasteiger partial charge in [0.2, 0.25) is 0 Å². The molecule has 2 N–H and O–H groups in total. The largest absolute Gasteiger partial charge is 0.329 e. The van der Waals surface area contributed by atoms with E-state index in [4.69, 9.17) is 17.3 Å². The Bertz CT molecular complexity index is 416. The number of benzene rings is 1. The van der Waals surface area contributed by atoms with Crippen LogP contribution in [0.1, 0.15) is 31.9 Å². The summed E-state index contributed by atoms with van der Waals surface area (Å²) < 4.78 is 13.5. The molecule has 0 saturated carbocycles. The van der Waals surface area contributed by atoms with Gasteiger partial charge in [0, 0.05) is 24.2 Å². The third-order valence-electron chi connectivity index (χ3n) is 4.13. The number of rotatable bonds is 4. The molecule has 19 heavy (non-hydrogen) atoms. The monoisotopic (exact) mass is 284 g/mol. The maximum Gasteiger partial charge on any atom is 0.125 e. The van der Waals surface area contributed by atoms with Gasteiger partial charge in [-0.15, -0.1) is 0 Å². The molecule has 1 aromatic carbocycles. The van der Waals surface area contributed by atoms with E-state index in [9.17, 15) is 4.39 Å². The molecular formula is C15H22ClFN2. The van der Waals surface area contributed by atoms with Gasteiger partial charge < -0.3 is 5.73 Å². The molecule has 2 unspecified atom stereocenters. The van der Waals surface area contributed by atoms with Crippen LogP contribution in [-0.4, -0.2) is 24.5 Å². The Morgan fingerprint density at radius 1 is 1.42 bits per heavy atom. The first-order chi connectivity index (χ1) is 9.01.